The van der Waals surface area contributed by atoms with Gasteiger partial charge in [0, 0.05) is 5.92 Å². The normalized spacial score (nSPS) is 27.1. The molecular formula is C28H37F3. The summed E-state index contributed by atoms with van der Waals surface area (Å²) in [7, 11) is 0. The van der Waals surface area contributed by atoms with E-state index in [9.17, 15) is 13.2 Å². The van der Waals surface area contributed by atoms with Crippen LogP contribution in [-0.2, 0) is 6.18 Å². The van der Waals surface area contributed by atoms with Crippen molar-refractivity contribution in [3.8, 4) is 11.8 Å². The third-order valence-electron chi connectivity index (χ3n) is 7.28. The molecule has 0 amide bonds. The second kappa shape index (κ2) is 11.8. The Labute approximate surface area is 186 Å². The van der Waals surface area contributed by atoms with Crippen molar-refractivity contribution in [3.63, 3.8) is 0 Å². The standard InChI is InChI=1S/C28H37F3/c1-2-3-4-7-22-10-12-23(13-11-22)8-5-6-9-24-14-16-25(17-15-24)26-18-20-27(21-19-26)28(29,30)31/h5,8,18-25H,2-4,7,10-17H2,1H3. The van der Waals surface area contributed by atoms with Crippen LogP contribution >= 0.6 is 0 Å². The van der Waals surface area contributed by atoms with Gasteiger partial charge in [0.25, 0.3) is 0 Å². The molecule has 2 aliphatic carbocycles. The van der Waals surface area contributed by atoms with Gasteiger partial charge in [-0.25, -0.2) is 0 Å². The summed E-state index contributed by atoms with van der Waals surface area (Å²) in [6, 6.07) is 5.73. The van der Waals surface area contributed by atoms with Crippen LogP contribution in [0.1, 0.15) is 101 Å². The smallest absolute Gasteiger partial charge is 0.166 e. The minimum absolute atomic E-state index is 0.364. The second-order valence-electron chi connectivity index (χ2n) is 9.59. The van der Waals surface area contributed by atoms with Crippen molar-refractivity contribution in [2.24, 2.45) is 17.8 Å². The quantitative estimate of drug-likeness (QED) is 0.312. The van der Waals surface area contributed by atoms with Gasteiger partial charge in [0.05, 0.1) is 5.56 Å². The molecule has 1 aromatic carbocycles. The van der Waals surface area contributed by atoms with E-state index in [1.807, 2.05) is 0 Å². The topological polar surface area (TPSA) is 0 Å². The third kappa shape index (κ3) is 7.74. The fourth-order valence-corrected chi connectivity index (χ4v) is 5.22. The number of benzene rings is 1. The molecule has 170 valence electrons. The van der Waals surface area contributed by atoms with Crippen LogP contribution in [0.25, 0.3) is 0 Å². The second-order valence-corrected chi connectivity index (χ2v) is 9.59. The maximum atomic E-state index is 12.7. The number of allylic oxidation sites excluding steroid dienone is 2. The monoisotopic (exact) mass is 430 g/mol. The number of alkyl halides is 3. The number of hydrogen-bond donors (Lipinski definition) is 0. The van der Waals surface area contributed by atoms with Crippen molar-refractivity contribution in [1.29, 1.82) is 0 Å². The molecule has 2 saturated carbocycles. The molecule has 0 unspecified atom stereocenters. The van der Waals surface area contributed by atoms with Crippen LogP contribution in [0, 0.1) is 29.6 Å². The Hall–Kier alpha value is -1.69. The zero-order valence-corrected chi connectivity index (χ0v) is 18.9. The van der Waals surface area contributed by atoms with Gasteiger partial charge in [-0.3, -0.25) is 0 Å². The van der Waals surface area contributed by atoms with Gasteiger partial charge in [0.1, 0.15) is 0 Å². The van der Waals surface area contributed by atoms with E-state index in [1.54, 1.807) is 12.1 Å². The number of unbranched alkanes of at least 4 members (excludes halogenated alkanes) is 2. The Balaban J connectivity index is 1.37. The highest BCUT2D eigenvalue weighted by atomic mass is 19.4. The van der Waals surface area contributed by atoms with Gasteiger partial charge >= 0.3 is 6.18 Å². The van der Waals surface area contributed by atoms with E-state index in [1.165, 1.54) is 63.5 Å². The first-order valence-corrected chi connectivity index (χ1v) is 12.3. The lowest BCUT2D eigenvalue weighted by Gasteiger charge is -2.26. The molecule has 0 aliphatic heterocycles. The molecule has 31 heavy (non-hydrogen) atoms. The maximum absolute atomic E-state index is 12.7. The molecule has 2 fully saturated rings. The van der Waals surface area contributed by atoms with Gasteiger partial charge in [-0.15, -0.1) is 0 Å². The van der Waals surface area contributed by atoms with Crippen molar-refractivity contribution in [1.82, 2.24) is 0 Å². The number of halogens is 3. The van der Waals surface area contributed by atoms with Gasteiger partial charge in [-0.1, -0.05) is 62.7 Å². The van der Waals surface area contributed by atoms with Crippen LogP contribution in [0.2, 0.25) is 0 Å². The van der Waals surface area contributed by atoms with Crippen molar-refractivity contribution in [2.45, 2.75) is 96.1 Å². The van der Waals surface area contributed by atoms with Crippen LogP contribution in [0.15, 0.2) is 36.4 Å². The summed E-state index contributed by atoms with van der Waals surface area (Å²) in [5.74, 6) is 9.13. The lowest BCUT2D eigenvalue weighted by molar-refractivity contribution is -0.137. The summed E-state index contributed by atoms with van der Waals surface area (Å²) < 4.78 is 38.2. The predicted octanol–water partition coefficient (Wildman–Crippen LogP) is 8.93. The van der Waals surface area contributed by atoms with E-state index in [2.05, 4.69) is 30.9 Å². The summed E-state index contributed by atoms with van der Waals surface area (Å²) in [4.78, 5) is 0. The molecule has 1 aromatic rings. The highest BCUT2D eigenvalue weighted by molar-refractivity contribution is 5.28. The molecule has 0 heterocycles. The number of hydrogen-bond acceptors (Lipinski definition) is 0. The molecular weight excluding hydrogens is 393 g/mol. The Bertz CT molecular complexity index is 731. The largest absolute Gasteiger partial charge is 0.416 e. The molecule has 0 spiro atoms. The summed E-state index contributed by atoms with van der Waals surface area (Å²) in [6.45, 7) is 2.27. The summed E-state index contributed by atoms with van der Waals surface area (Å²) in [5, 5.41) is 0. The van der Waals surface area contributed by atoms with E-state index in [0.29, 0.717) is 17.8 Å². The van der Waals surface area contributed by atoms with Gasteiger partial charge in [0.15, 0.2) is 0 Å². The zero-order chi connectivity index (χ0) is 22.1. The van der Waals surface area contributed by atoms with Crippen LogP contribution in [0.3, 0.4) is 0 Å². The maximum Gasteiger partial charge on any atom is 0.416 e. The molecule has 0 nitrogen and oxygen atoms in total. The molecule has 2 aliphatic rings. The summed E-state index contributed by atoms with van der Waals surface area (Å²) in [5.41, 5.74) is 0.470. The van der Waals surface area contributed by atoms with E-state index < -0.39 is 11.7 Å². The summed E-state index contributed by atoms with van der Waals surface area (Å²) in [6.07, 6.45) is 15.1. The van der Waals surface area contributed by atoms with Crippen molar-refractivity contribution < 1.29 is 13.2 Å². The Kier molecular flexibility index (Phi) is 9.12. The fraction of sp³-hybridized carbons (Fsp3) is 0.643. The average Bonchev–Trinajstić information content (AvgIpc) is 2.78. The first kappa shape index (κ1) is 24.0. The molecule has 0 atom stereocenters. The lowest BCUT2D eigenvalue weighted by Crippen LogP contribution is -2.13. The molecule has 3 rings (SSSR count). The van der Waals surface area contributed by atoms with E-state index in [4.69, 9.17) is 0 Å². The van der Waals surface area contributed by atoms with Gasteiger partial charge in [0.2, 0.25) is 0 Å². The predicted molar refractivity (Wildman–Crippen MR) is 123 cm³/mol. The van der Waals surface area contributed by atoms with Crippen LogP contribution in [-0.4, -0.2) is 0 Å². The van der Waals surface area contributed by atoms with Crippen molar-refractivity contribution >= 4 is 0 Å². The lowest BCUT2D eigenvalue weighted by atomic mass is 9.78. The van der Waals surface area contributed by atoms with E-state index in [0.717, 1.165) is 37.2 Å². The zero-order valence-electron chi connectivity index (χ0n) is 18.9. The van der Waals surface area contributed by atoms with Crippen LogP contribution < -0.4 is 0 Å². The van der Waals surface area contributed by atoms with Gasteiger partial charge in [-0.05, 0) is 92.9 Å². The third-order valence-corrected chi connectivity index (χ3v) is 7.28. The SMILES string of the molecule is CCCCCC1CCC(C=CC#CC2CCC(c3ccc(C(F)(F)F)cc3)CC2)CC1. The van der Waals surface area contributed by atoms with Crippen LogP contribution in [0.4, 0.5) is 13.2 Å². The summed E-state index contributed by atoms with van der Waals surface area (Å²) >= 11 is 0. The minimum atomic E-state index is -4.26. The van der Waals surface area contributed by atoms with Gasteiger partial charge in [-0.2, -0.15) is 13.2 Å². The fourth-order valence-electron chi connectivity index (χ4n) is 5.22. The highest BCUT2D eigenvalue weighted by Gasteiger charge is 2.30. The number of rotatable bonds is 6. The molecule has 0 aromatic heterocycles. The highest BCUT2D eigenvalue weighted by Crippen LogP contribution is 2.37. The van der Waals surface area contributed by atoms with Gasteiger partial charge < -0.3 is 0 Å². The van der Waals surface area contributed by atoms with E-state index in [-0.39, 0.29) is 0 Å². The average molecular weight is 431 g/mol. The minimum Gasteiger partial charge on any atom is -0.166 e. The Morgan fingerprint density at radius 3 is 2.19 bits per heavy atom. The van der Waals surface area contributed by atoms with Crippen LogP contribution in [0.5, 0.6) is 0 Å². The molecule has 0 radical (unpaired) electrons. The van der Waals surface area contributed by atoms with Crippen molar-refractivity contribution in [3.05, 3.63) is 47.5 Å². The molecule has 0 saturated heterocycles. The Morgan fingerprint density at radius 2 is 1.58 bits per heavy atom. The van der Waals surface area contributed by atoms with Crippen molar-refractivity contribution in [2.75, 3.05) is 0 Å². The Morgan fingerprint density at radius 1 is 0.903 bits per heavy atom. The molecule has 3 heteroatoms. The molecule has 0 N–H and O–H groups in total. The molecule has 0 bridgehead atoms. The first-order valence-electron chi connectivity index (χ1n) is 12.3. The van der Waals surface area contributed by atoms with E-state index >= 15 is 0 Å². The first-order chi connectivity index (χ1) is 15.0.